The van der Waals surface area contributed by atoms with Crippen molar-refractivity contribution in [1.29, 1.82) is 0 Å². The number of carbonyl (C=O) groups excluding carboxylic acids is 1. The van der Waals surface area contributed by atoms with Gasteiger partial charge in [-0.3, -0.25) is 9.79 Å². The first kappa shape index (κ1) is 15.7. The van der Waals surface area contributed by atoms with E-state index in [2.05, 4.69) is 4.99 Å². The molecule has 0 bridgehead atoms. The Morgan fingerprint density at radius 2 is 1.95 bits per heavy atom. The van der Waals surface area contributed by atoms with E-state index in [1.807, 2.05) is 26.0 Å². The van der Waals surface area contributed by atoms with Gasteiger partial charge in [0, 0.05) is 12.6 Å². The van der Waals surface area contributed by atoms with Crippen molar-refractivity contribution in [2.45, 2.75) is 26.3 Å². The van der Waals surface area contributed by atoms with Crippen molar-refractivity contribution in [2.75, 3.05) is 19.3 Å². The number of hydrogen-bond acceptors (Lipinski definition) is 5. The monoisotopic (exact) mass is 308 g/mol. The van der Waals surface area contributed by atoms with Crippen molar-refractivity contribution >= 4 is 20.8 Å². The van der Waals surface area contributed by atoms with E-state index in [0.717, 1.165) is 5.56 Å². The molecule has 1 heterocycles. The normalized spacial score (nSPS) is 18.7. The quantitative estimate of drug-likeness (QED) is 0.794. The molecule has 0 saturated carbocycles. The average Bonchev–Trinajstić information content (AvgIpc) is 2.81. The van der Waals surface area contributed by atoms with E-state index in [9.17, 15) is 13.2 Å². The number of aryl methyl sites for hydroxylation is 1. The molecule has 1 aromatic carbocycles. The second kappa shape index (κ2) is 5.97. The largest absolute Gasteiger partial charge is 0.338 e. The van der Waals surface area contributed by atoms with Gasteiger partial charge < -0.3 is 4.90 Å². The Kier molecular flexibility index (Phi) is 4.46. The van der Waals surface area contributed by atoms with Crippen LogP contribution in [0.15, 0.2) is 29.3 Å². The van der Waals surface area contributed by atoms with Gasteiger partial charge in [-0.1, -0.05) is 36.8 Å². The third-order valence-corrected chi connectivity index (χ3v) is 5.48. The van der Waals surface area contributed by atoms with Crippen molar-refractivity contribution in [2.24, 2.45) is 4.99 Å². The first-order chi connectivity index (χ1) is 9.86. The summed E-state index contributed by atoms with van der Waals surface area (Å²) in [5, 5.41) is 0.0369. The minimum atomic E-state index is -3.39. The van der Waals surface area contributed by atoms with Crippen molar-refractivity contribution in [3.8, 4) is 0 Å². The lowest BCUT2D eigenvalue weighted by atomic mass is 10.0. The lowest BCUT2D eigenvalue weighted by Crippen LogP contribution is -2.42. The number of likely N-dealkylation sites (N-methyl/N-ethyl adjacent to an activating group) is 1. The van der Waals surface area contributed by atoms with Crippen molar-refractivity contribution in [3.63, 3.8) is 0 Å². The Morgan fingerprint density at radius 1 is 1.33 bits per heavy atom. The molecule has 0 fully saturated rings. The van der Waals surface area contributed by atoms with E-state index in [4.69, 9.17) is 0 Å². The van der Waals surface area contributed by atoms with Crippen LogP contribution in [0.5, 0.6) is 0 Å². The fraction of sp³-hybridized carbons (Fsp3) is 0.467. The van der Waals surface area contributed by atoms with E-state index < -0.39 is 15.9 Å². The summed E-state index contributed by atoms with van der Waals surface area (Å²) in [5.41, 5.74) is 1.66. The molecule has 21 heavy (non-hydrogen) atoms. The van der Waals surface area contributed by atoms with E-state index in [1.54, 1.807) is 19.2 Å². The van der Waals surface area contributed by atoms with Crippen LogP contribution >= 0.6 is 0 Å². The number of aliphatic imine (C=N–C) groups is 1. The number of carbonyl (C=O) groups is 1. The number of rotatable bonds is 4. The molecule has 1 atom stereocenters. The summed E-state index contributed by atoms with van der Waals surface area (Å²) in [5.74, 6) is -0.0373. The maximum absolute atomic E-state index is 12.5. The van der Waals surface area contributed by atoms with Crippen LogP contribution in [0.25, 0.3) is 0 Å². The molecule has 1 aliphatic rings. The van der Waals surface area contributed by atoms with E-state index >= 15 is 0 Å². The fourth-order valence-electron chi connectivity index (χ4n) is 2.38. The van der Waals surface area contributed by atoms with Gasteiger partial charge in [0.1, 0.15) is 6.04 Å². The van der Waals surface area contributed by atoms with E-state index in [0.29, 0.717) is 12.0 Å². The third-order valence-electron chi connectivity index (χ3n) is 3.56. The molecule has 0 radical (unpaired) electrons. The van der Waals surface area contributed by atoms with Crippen LogP contribution in [0.1, 0.15) is 29.3 Å². The van der Waals surface area contributed by atoms with Crippen LogP contribution in [-0.2, 0) is 9.84 Å². The third kappa shape index (κ3) is 3.15. The standard InChI is InChI=1S/C15H20N2O3S/c1-4-9-21(19,20)15-16-10-13(17(15)3)14(18)12-7-5-11(2)6-8-12/h5-8,13H,4,9-10H2,1-3H3. The SMILES string of the molecule is CCCS(=O)(=O)C1=NCC(C(=O)c2ccc(C)cc2)N1C. The molecule has 0 aromatic heterocycles. The first-order valence-electron chi connectivity index (χ1n) is 6.97. The molecule has 0 spiro atoms. The molecular weight excluding hydrogens is 288 g/mol. The Balaban J connectivity index is 2.19. The highest BCUT2D eigenvalue weighted by atomic mass is 32.2. The molecular formula is C15H20N2O3S. The lowest BCUT2D eigenvalue weighted by Gasteiger charge is -2.21. The number of benzene rings is 1. The summed E-state index contributed by atoms with van der Waals surface area (Å²) in [6.07, 6.45) is 0.534. The van der Waals surface area contributed by atoms with Gasteiger partial charge in [0.05, 0.1) is 12.3 Å². The Bertz CT molecular complexity index is 663. The van der Waals surface area contributed by atoms with Crippen LogP contribution in [0.2, 0.25) is 0 Å². The van der Waals surface area contributed by atoms with Gasteiger partial charge in [0.15, 0.2) is 5.78 Å². The first-order valence-corrected chi connectivity index (χ1v) is 8.63. The number of Topliss-reactive ketones (excluding diaryl/α,β-unsaturated/α-hetero) is 1. The zero-order chi connectivity index (χ0) is 15.6. The molecule has 114 valence electrons. The van der Waals surface area contributed by atoms with Gasteiger partial charge in [0.25, 0.3) is 0 Å². The minimum Gasteiger partial charge on any atom is -0.338 e. The highest BCUT2D eigenvalue weighted by Crippen LogP contribution is 2.18. The smallest absolute Gasteiger partial charge is 0.219 e. The molecule has 0 saturated heterocycles. The molecule has 1 aliphatic heterocycles. The molecule has 5 nitrogen and oxygen atoms in total. The molecule has 1 unspecified atom stereocenters. The van der Waals surface area contributed by atoms with Gasteiger partial charge in [-0.2, -0.15) is 0 Å². The minimum absolute atomic E-state index is 0.0369. The van der Waals surface area contributed by atoms with Crippen LogP contribution in [0, 0.1) is 6.92 Å². The predicted molar refractivity (Wildman–Crippen MR) is 83.4 cm³/mol. The summed E-state index contributed by atoms with van der Waals surface area (Å²) < 4.78 is 24.2. The second-order valence-corrected chi connectivity index (χ2v) is 7.30. The Morgan fingerprint density at radius 3 is 2.52 bits per heavy atom. The maximum atomic E-state index is 12.5. The summed E-state index contributed by atoms with van der Waals surface area (Å²) in [6.45, 7) is 3.96. The van der Waals surface area contributed by atoms with Crippen LogP contribution in [-0.4, -0.2) is 49.7 Å². The topological polar surface area (TPSA) is 66.8 Å². The van der Waals surface area contributed by atoms with Gasteiger partial charge in [-0.25, -0.2) is 8.42 Å². The van der Waals surface area contributed by atoms with Crippen molar-refractivity contribution in [3.05, 3.63) is 35.4 Å². The number of hydrogen-bond donors (Lipinski definition) is 0. The molecule has 6 heteroatoms. The van der Waals surface area contributed by atoms with E-state index in [1.165, 1.54) is 4.90 Å². The van der Waals surface area contributed by atoms with Gasteiger partial charge in [-0.05, 0) is 13.3 Å². The maximum Gasteiger partial charge on any atom is 0.219 e. The van der Waals surface area contributed by atoms with E-state index in [-0.39, 0.29) is 23.2 Å². The molecule has 0 amide bonds. The predicted octanol–water partition coefficient (Wildman–Crippen LogP) is 1.67. The highest BCUT2D eigenvalue weighted by Gasteiger charge is 2.36. The fourth-order valence-corrected chi connectivity index (χ4v) is 3.94. The Labute approximate surface area is 125 Å². The number of ketones is 1. The number of sulfone groups is 1. The summed E-state index contributed by atoms with van der Waals surface area (Å²) in [6, 6.07) is 6.75. The molecule has 0 N–H and O–H groups in total. The van der Waals surface area contributed by atoms with Gasteiger partial charge >= 0.3 is 0 Å². The van der Waals surface area contributed by atoms with Crippen molar-refractivity contribution in [1.82, 2.24) is 4.90 Å². The van der Waals surface area contributed by atoms with Gasteiger partial charge in [-0.15, -0.1) is 0 Å². The summed E-state index contributed by atoms with van der Waals surface area (Å²) >= 11 is 0. The molecule has 1 aromatic rings. The molecule has 0 aliphatic carbocycles. The zero-order valence-corrected chi connectivity index (χ0v) is 13.4. The number of nitrogens with zero attached hydrogens (tertiary/aromatic N) is 2. The summed E-state index contributed by atoms with van der Waals surface area (Å²) in [7, 11) is -1.77. The van der Waals surface area contributed by atoms with Crippen LogP contribution < -0.4 is 0 Å². The lowest BCUT2D eigenvalue weighted by molar-refractivity contribution is 0.0918. The zero-order valence-electron chi connectivity index (χ0n) is 12.5. The summed E-state index contributed by atoms with van der Waals surface area (Å²) in [4.78, 5) is 18.1. The second-order valence-electron chi connectivity index (χ2n) is 5.30. The molecule has 2 rings (SSSR count). The van der Waals surface area contributed by atoms with Crippen molar-refractivity contribution < 1.29 is 13.2 Å². The highest BCUT2D eigenvalue weighted by molar-refractivity contribution is 8.06. The Hall–Kier alpha value is -1.69. The van der Waals surface area contributed by atoms with Crippen LogP contribution in [0.4, 0.5) is 0 Å². The van der Waals surface area contributed by atoms with Crippen LogP contribution in [0.3, 0.4) is 0 Å². The average molecular weight is 308 g/mol. The number of amidine groups is 1. The van der Waals surface area contributed by atoms with Gasteiger partial charge in [0.2, 0.25) is 15.0 Å².